The van der Waals surface area contributed by atoms with Gasteiger partial charge in [-0.1, -0.05) is 18.2 Å². The topological polar surface area (TPSA) is 57.3 Å². The van der Waals surface area contributed by atoms with Crippen molar-refractivity contribution < 1.29 is 4.79 Å². The molecule has 132 valence electrons. The maximum atomic E-state index is 12.3. The van der Waals surface area contributed by atoms with Gasteiger partial charge in [-0.3, -0.25) is 9.78 Å². The van der Waals surface area contributed by atoms with Gasteiger partial charge in [-0.05, 0) is 63.2 Å². The Morgan fingerprint density at radius 1 is 1.16 bits per heavy atom. The number of amides is 1. The molecule has 1 aromatic heterocycles. The van der Waals surface area contributed by atoms with Crippen LogP contribution < -0.4 is 10.6 Å². The van der Waals surface area contributed by atoms with E-state index in [1.54, 1.807) is 6.20 Å². The Balaban J connectivity index is 1.56. The van der Waals surface area contributed by atoms with Gasteiger partial charge in [0.25, 0.3) is 0 Å². The summed E-state index contributed by atoms with van der Waals surface area (Å²) >= 11 is 0. The largest absolute Gasteiger partial charge is 0.381 e. The van der Waals surface area contributed by atoms with Crippen LogP contribution in [0.4, 0.5) is 11.4 Å². The maximum absolute atomic E-state index is 12.3. The molecule has 2 aromatic rings. The highest BCUT2D eigenvalue weighted by Crippen LogP contribution is 2.24. The van der Waals surface area contributed by atoms with Gasteiger partial charge in [0.1, 0.15) is 0 Å². The Kier molecular flexibility index (Phi) is 6.01. The van der Waals surface area contributed by atoms with Gasteiger partial charge < -0.3 is 15.5 Å². The Bertz CT molecular complexity index is 681. The first kappa shape index (κ1) is 17.4. The summed E-state index contributed by atoms with van der Waals surface area (Å²) in [6, 6.07) is 12.3. The highest BCUT2D eigenvalue weighted by atomic mass is 16.1. The molecule has 1 aliphatic heterocycles. The molecule has 0 unspecified atom stereocenters. The van der Waals surface area contributed by atoms with Gasteiger partial charge in [0.2, 0.25) is 5.91 Å². The SMILES string of the molecule is CN1CCC(Nc2ccccc2NC(=O)CCc2cccnc2)CC1. The van der Waals surface area contributed by atoms with Gasteiger partial charge in [-0.15, -0.1) is 0 Å². The second kappa shape index (κ2) is 8.62. The minimum absolute atomic E-state index is 0.0291. The number of rotatable bonds is 6. The first-order valence-corrected chi connectivity index (χ1v) is 8.93. The molecule has 0 spiro atoms. The van der Waals surface area contributed by atoms with Crippen LogP contribution in [0.5, 0.6) is 0 Å². The quantitative estimate of drug-likeness (QED) is 0.849. The summed E-state index contributed by atoms with van der Waals surface area (Å²) in [5.41, 5.74) is 2.94. The molecule has 1 aromatic carbocycles. The molecule has 1 aliphatic rings. The Labute approximate surface area is 149 Å². The van der Waals surface area contributed by atoms with Crippen molar-refractivity contribution in [3.8, 4) is 0 Å². The van der Waals surface area contributed by atoms with Crippen molar-refractivity contribution in [2.24, 2.45) is 0 Å². The second-order valence-electron chi connectivity index (χ2n) is 6.68. The zero-order chi connectivity index (χ0) is 17.5. The van der Waals surface area contributed by atoms with Crippen molar-refractivity contribution >= 4 is 17.3 Å². The number of carbonyl (C=O) groups is 1. The minimum atomic E-state index is 0.0291. The lowest BCUT2D eigenvalue weighted by atomic mass is 10.0. The predicted octanol–water partition coefficient (Wildman–Crippen LogP) is 3.16. The number of piperidine rings is 1. The molecule has 2 heterocycles. The molecular weight excluding hydrogens is 312 g/mol. The number of hydrogen-bond acceptors (Lipinski definition) is 4. The summed E-state index contributed by atoms with van der Waals surface area (Å²) in [5.74, 6) is 0.0291. The van der Waals surface area contributed by atoms with Crippen LogP contribution in [0.3, 0.4) is 0 Å². The number of para-hydroxylation sites is 2. The molecule has 1 fully saturated rings. The van der Waals surface area contributed by atoms with Crippen molar-refractivity contribution in [2.45, 2.75) is 31.7 Å². The van der Waals surface area contributed by atoms with E-state index in [1.807, 2.05) is 42.6 Å². The van der Waals surface area contributed by atoms with Crippen LogP contribution >= 0.6 is 0 Å². The van der Waals surface area contributed by atoms with E-state index in [4.69, 9.17) is 0 Å². The van der Waals surface area contributed by atoms with Crippen LogP contribution in [0.15, 0.2) is 48.8 Å². The van der Waals surface area contributed by atoms with Crippen LogP contribution in [-0.2, 0) is 11.2 Å². The fourth-order valence-electron chi connectivity index (χ4n) is 3.11. The predicted molar refractivity (Wildman–Crippen MR) is 102 cm³/mol. The van der Waals surface area contributed by atoms with E-state index in [2.05, 4.69) is 27.6 Å². The van der Waals surface area contributed by atoms with Crippen LogP contribution in [0.1, 0.15) is 24.8 Å². The van der Waals surface area contributed by atoms with E-state index < -0.39 is 0 Å². The van der Waals surface area contributed by atoms with Crippen LogP contribution in [0.25, 0.3) is 0 Å². The van der Waals surface area contributed by atoms with Crippen molar-refractivity contribution in [1.29, 1.82) is 0 Å². The number of benzene rings is 1. The fourth-order valence-corrected chi connectivity index (χ4v) is 3.11. The average Bonchev–Trinajstić information content (AvgIpc) is 2.64. The minimum Gasteiger partial charge on any atom is -0.381 e. The van der Waals surface area contributed by atoms with Crippen LogP contribution in [0, 0.1) is 0 Å². The van der Waals surface area contributed by atoms with Gasteiger partial charge in [0, 0.05) is 24.9 Å². The lowest BCUT2D eigenvalue weighted by Gasteiger charge is -2.30. The average molecular weight is 338 g/mol. The summed E-state index contributed by atoms with van der Waals surface area (Å²) in [4.78, 5) is 18.7. The first-order valence-electron chi connectivity index (χ1n) is 8.93. The number of anilines is 2. The Morgan fingerprint density at radius 3 is 2.64 bits per heavy atom. The Hall–Kier alpha value is -2.40. The van der Waals surface area contributed by atoms with E-state index in [9.17, 15) is 4.79 Å². The molecule has 0 aliphatic carbocycles. The number of carbonyl (C=O) groups excluding carboxylic acids is 1. The normalized spacial score (nSPS) is 15.7. The molecule has 25 heavy (non-hydrogen) atoms. The smallest absolute Gasteiger partial charge is 0.224 e. The molecule has 5 nitrogen and oxygen atoms in total. The fraction of sp³-hybridized carbons (Fsp3) is 0.400. The molecule has 2 N–H and O–H groups in total. The van der Waals surface area contributed by atoms with Crippen molar-refractivity contribution in [3.05, 3.63) is 54.4 Å². The van der Waals surface area contributed by atoms with Crippen molar-refractivity contribution in [1.82, 2.24) is 9.88 Å². The maximum Gasteiger partial charge on any atom is 0.224 e. The number of aryl methyl sites for hydroxylation is 1. The number of aromatic nitrogens is 1. The van der Waals surface area contributed by atoms with Gasteiger partial charge in [-0.25, -0.2) is 0 Å². The number of pyridine rings is 1. The van der Waals surface area contributed by atoms with E-state index in [1.165, 1.54) is 0 Å². The second-order valence-corrected chi connectivity index (χ2v) is 6.68. The van der Waals surface area contributed by atoms with Gasteiger partial charge >= 0.3 is 0 Å². The Morgan fingerprint density at radius 2 is 1.92 bits per heavy atom. The first-order chi connectivity index (χ1) is 12.2. The molecule has 1 amide bonds. The summed E-state index contributed by atoms with van der Waals surface area (Å²) in [7, 11) is 2.16. The molecule has 3 rings (SSSR count). The van der Waals surface area contributed by atoms with E-state index in [-0.39, 0.29) is 5.91 Å². The molecule has 0 bridgehead atoms. The number of nitrogens with one attached hydrogen (secondary N) is 2. The number of likely N-dealkylation sites (tertiary alicyclic amines) is 1. The number of hydrogen-bond donors (Lipinski definition) is 2. The van der Waals surface area contributed by atoms with Crippen molar-refractivity contribution in [3.63, 3.8) is 0 Å². The molecular formula is C20H26N4O. The molecule has 0 saturated carbocycles. The van der Waals surface area contributed by atoms with Crippen LogP contribution in [0.2, 0.25) is 0 Å². The monoisotopic (exact) mass is 338 g/mol. The third-order valence-electron chi connectivity index (χ3n) is 4.64. The van der Waals surface area contributed by atoms with Gasteiger partial charge in [0.05, 0.1) is 11.4 Å². The molecule has 0 radical (unpaired) electrons. The number of nitrogens with zero attached hydrogens (tertiary/aromatic N) is 2. The van der Waals surface area contributed by atoms with Gasteiger partial charge in [0.15, 0.2) is 0 Å². The third-order valence-corrected chi connectivity index (χ3v) is 4.64. The standard InChI is InChI=1S/C20H26N4O/c1-24-13-10-17(11-14-24)22-18-6-2-3-7-19(18)23-20(25)9-8-16-5-4-12-21-15-16/h2-7,12,15,17,22H,8-11,13-14H2,1H3,(H,23,25). The molecule has 5 heteroatoms. The van der Waals surface area contributed by atoms with E-state index >= 15 is 0 Å². The third kappa shape index (κ3) is 5.29. The highest BCUT2D eigenvalue weighted by Gasteiger charge is 2.17. The summed E-state index contributed by atoms with van der Waals surface area (Å²) in [6.45, 7) is 2.22. The zero-order valence-corrected chi connectivity index (χ0v) is 14.7. The van der Waals surface area contributed by atoms with Crippen LogP contribution in [-0.4, -0.2) is 42.0 Å². The van der Waals surface area contributed by atoms with Crippen molar-refractivity contribution in [2.75, 3.05) is 30.8 Å². The summed E-state index contributed by atoms with van der Waals surface area (Å²) < 4.78 is 0. The molecule has 0 atom stereocenters. The lowest BCUT2D eigenvalue weighted by Crippen LogP contribution is -2.36. The summed E-state index contributed by atoms with van der Waals surface area (Å²) in [6.07, 6.45) is 6.95. The lowest BCUT2D eigenvalue weighted by molar-refractivity contribution is -0.116. The summed E-state index contributed by atoms with van der Waals surface area (Å²) in [5, 5.41) is 6.64. The molecule has 1 saturated heterocycles. The van der Waals surface area contributed by atoms with E-state index in [0.717, 1.165) is 42.9 Å². The zero-order valence-electron chi connectivity index (χ0n) is 14.7. The van der Waals surface area contributed by atoms with Gasteiger partial charge in [-0.2, -0.15) is 0 Å². The van der Waals surface area contributed by atoms with E-state index in [0.29, 0.717) is 18.9 Å². The highest BCUT2D eigenvalue weighted by molar-refractivity contribution is 5.94.